The van der Waals surface area contributed by atoms with Crippen molar-refractivity contribution in [3.05, 3.63) is 48.6 Å². The van der Waals surface area contributed by atoms with Gasteiger partial charge in [-0.25, -0.2) is 9.59 Å². The minimum Gasteiger partial charge on any atom is -0.480 e. The van der Waals surface area contributed by atoms with Crippen LogP contribution in [0.15, 0.2) is 43.0 Å². The predicted molar refractivity (Wildman–Crippen MR) is 75.2 cm³/mol. The van der Waals surface area contributed by atoms with Gasteiger partial charge in [-0.2, -0.15) is 0 Å². The van der Waals surface area contributed by atoms with E-state index in [0.717, 1.165) is 5.56 Å². The second-order valence-electron chi connectivity index (χ2n) is 4.33. The van der Waals surface area contributed by atoms with Crippen LogP contribution < -0.4 is 5.32 Å². The average molecular weight is 277 g/mol. The number of amides is 1. The normalized spacial score (nSPS) is 13.1. The average Bonchev–Trinajstić information content (AvgIpc) is 2.46. The first-order valence-electron chi connectivity index (χ1n) is 6.41. The van der Waals surface area contributed by atoms with Gasteiger partial charge in [0, 0.05) is 5.92 Å². The smallest absolute Gasteiger partial charge is 0.408 e. The zero-order valence-corrected chi connectivity index (χ0v) is 11.4. The van der Waals surface area contributed by atoms with Gasteiger partial charge in [0.2, 0.25) is 0 Å². The van der Waals surface area contributed by atoms with Crippen molar-refractivity contribution in [2.75, 3.05) is 0 Å². The number of rotatable bonds is 7. The van der Waals surface area contributed by atoms with Crippen LogP contribution in [0.4, 0.5) is 4.79 Å². The highest BCUT2D eigenvalue weighted by Gasteiger charge is 2.27. The highest BCUT2D eigenvalue weighted by Crippen LogP contribution is 2.11. The maximum atomic E-state index is 11.6. The Hall–Kier alpha value is -2.30. The molecule has 1 aromatic carbocycles. The van der Waals surface area contributed by atoms with Crippen molar-refractivity contribution in [1.82, 2.24) is 5.32 Å². The van der Waals surface area contributed by atoms with Crippen LogP contribution >= 0.6 is 0 Å². The first-order chi connectivity index (χ1) is 9.58. The van der Waals surface area contributed by atoms with Crippen molar-refractivity contribution >= 4 is 12.1 Å². The highest BCUT2D eigenvalue weighted by molar-refractivity contribution is 5.80. The van der Waals surface area contributed by atoms with E-state index >= 15 is 0 Å². The zero-order valence-electron chi connectivity index (χ0n) is 11.4. The Morgan fingerprint density at radius 2 is 2.05 bits per heavy atom. The van der Waals surface area contributed by atoms with Gasteiger partial charge in [0.1, 0.15) is 12.6 Å². The molecule has 0 aliphatic rings. The van der Waals surface area contributed by atoms with Crippen LogP contribution in [0.1, 0.15) is 18.9 Å². The van der Waals surface area contributed by atoms with E-state index in [9.17, 15) is 9.59 Å². The number of nitrogens with one attached hydrogen (secondary N) is 1. The van der Waals surface area contributed by atoms with Gasteiger partial charge in [-0.3, -0.25) is 0 Å². The summed E-state index contributed by atoms with van der Waals surface area (Å²) in [6.07, 6.45) is 1.34. The Bertz CT molecular complexity index is 458. The van der Waals surface area contributed by atoms with Crippen molar-refractivity contribution in [2.45, 2.75) is 26.0 Å². The summed E-state index contributed by atoms with van der Waals surface area (Å²) in [5.74, 6) is -1.44. The van der Waals surface area contributed by atoms with Crippen molar-refractivity contribution in [3.63, 3.8) is 0 Å². The summed E-state index contributed by atoms with van der Waals surface area (Å²) in [4.78, 5) is 22.8. The van der Waals surface area contributed by atoms with Gasteiger partial charge in [0.05, 0.1) is 0 Å². The number of carbonyl (C=O) groups excluding carboxylic acids is 1. The van der Waals surface area contributed by atoms with Gasteiger partial charge < -0.3 is 15.2 Å². The quantitative estimate of drug-likeness (QED) is 0.751. The summed E-state index contributed by atoms with van der Waals surface area (Å²) in [6.45, 7) is 5.51. The van der Waals surface area contributed by atoms with E-state index in [1.165, 1.54) is 6.08 Å². The molecule has 2 atom stereocenters. The molecule has 0 spiro atoms. The Morgan fingerprint density at radius 1 is 1.40 bits per heavy atom. The number of carbonyl (C=O) groups is 2. The van der Waals surface area contributed by atoms with Gasteiger partial charge in [0.25, 0.3) is 0 Å². The molecule has 0 radical (unpaired) electrons. The lowest BCUT2D eigenvalue weighted by Crippen LogP contribution is -2.45. The second kappa shape index (κ2) is 7.99. The van der Waals surface area contributed by atoms with Gasteiger partial charge in [0.15, 0.2) is 0 Å². The molecule has 108 valence electrons. The fourth-order valence-corrected chi connectivity index (χ4v) is 1.78. The van der Waals surface area contributed by atoms with Crippen molar-refractivity contribution in [3.8, 4) is 0 Å². The summed E-state index contributed by atoms with van der Waals surface area (Å²) in [5.41, 5.74) is 0.838. The minimum atomic E-state index is -1.10. The van der Waals surface area contributed by atoms with Gasteiger partial charge in [-0.1, -0.05) is 43.3 Å². The van der Waals surface area contributed by atoms with Crippen molar-refractivity contribution in [1.29, 1.82) is 0 Å². The molecule has 0 saturated carbocycles. The molecule has 1 rings (SSSR count). The van der Waals surface area contributed by atoms with Crippen molar-refractivity contribution < 1.29 is 19.4 Å². The predicted octanol–water partition coefficient (Wildman–Crippen LogP) is 2.58. The van der Waals surface area contributed by atoms with Crippen LogP contribution in [-0.4, -0.2) is 23.2 Å². The van der Waals surface area contributed by atoms with Crippen molar-refractivity contribution in [2.24, 2.45) is 5.92 Å². The Morgan fingerprint density at radius 3 is 2.55 bits per heavy atom. The van der Waals surface area contributed by atoms with Gasteiger partial charge in [-0.05, 0) is 12.0 Å². The standard InChI is InChI=1S/C15H19NO4/c1-3-12(4-2)13(14(17)18)16-15(19)20-10-11-8-6-5-7-9-11/h3,5-9,12-13H,1,4,10H2,2H3,(H,16,19)(H,17,18)/t12-,13+/m0/s1. The first-order valence-corrected chi connectivity index (χ1v) is 6.41. The molecule has 0 heterocycles. The SMILES string of the molecule is C=C[C@@H](CC)[C@@H](NC(=O)OCc1ccccc1)C(=O)O. The number of aliphatic carboxylic acids is 1. The lowest BCUT2D eigenvalue weighted by atomic mass is 9.97. The molecule has 0 fully saturated rings. The second-order valence-corrected chi connectivity index (χ2v) is 4.33. The van der Waals surface area contributed by atoms with Crippen LogP contribution in [0.2, 0.25) is 0 Å². The molecule has 1 aromatic rings. The van der Waals surface area contributed by atoms with E-state index in [1.54, 1.807) is 0 Å². The number of carboxylic acid groups (broad SMARTS) is 1. The molecule has 2 N–H and O–H groups in total. The molecular formula is C15H19NO4. The van der Waals surface area contributed by atoms with E-state index in [1.807, 2.05) is 37.3 Å². The third-order valence-corrected chi connectivity index (χ3v) is 2.95. The van der Waals surface area contributed by atoms with Crippen LogP contribution in [0.5, 0.6) is 0 Å². The molecule has 20 heavy (non-hydrogen) atoms. The highest BCUT2D eigenvalue weighted by atomic mass is 16.5. The molecular weight excluding hydrogens is 258 g/mol. The number of hydrogen-bond donors (Lipinski definition) is 2. The largest absolute Gasteiger partial charge is 0.480 e. The summed E-state index contributed by atoms with van der Waals surface area (Å²) < 4.78 is 5.00. The fraction of sp³-hybridized carbons (Fsp3) is 0.333. The number of benzene rings is 1. The molecule has 0 aliphatic heterocycles. The number of alkyl carbamates (subject to hydrolysis) is 1. The summed E-state index contributed by atoms with van der Waals surface area (Å²) in [5, 5.41) is 11.5. The van der Waals surface area contributed by atoms with E-state index in [2.05, 4.69) is 11.9 Å². The topological polar surface area (TPSA) is 75.6 Å². The van der Waals surface area contributed by atoms with E-state index in [4.69, 9.17) is 9.84 Å². The van der Waals surface area contributed by atoms with Crippen LogP contribution in [0.3, 0.4) is 0 Å². The zero-order chi connectivity index (χ0) is 15.0. The van der Waals surface area contributed by atoms with E-state index < -0.39 is 18.1 Å². The Labute approximate surface area is 118 Å². The molecule has 0 aliphatic carbocycles. The Kier molecular flexibility index (Phi) is 6.29. The van der Waals surface area contributed by atoms with Crippen LogP contribution in [-0.2, 0) is 16.1 Å². The third kappa shape index (κ3) is 4.76. The van der Waals surface area contributed by atoms with Crippen LogP contribution in [0.25, 0.3) is 0 Å². The summed E-state index contributed by atoms with van der Waals surface area (Å²) >= 11 is 0. The molecule has 0 unspecified atom stereocenters. The van der Waals surface area contributed by atoms with E-state index in [0.29, 0.717) is 6.42 Å². The summed E-state index contributed by atoms with van der Waals surface area (Å²) in [7, 11) is 0. The molecule has 1 amide bonds. The Balaban J connectivity index is 2.54. The number of ether oxygens (including phenoxy) is 1. The van der Waals surface area contributed by atoms with Gasteiger partial charge >= 0.3 is 12.1 Å². The maximum Gasteiger partial charge on any atom is 0.408 e. The summed E-state index contributed by atoms with van der Waals surface area (Å²) in [6, 6.07) is 8.14. The maximum absolute atomic E-state index is 11.6. The lowest BCUT2D eigenvalue weighted by molar-refractivity contribution is -0.140. The van der Waals surface area contributed by atoms with Crippen LogP contribution in [0, 0.1) is 5.92 Å². The van der Waals surface area contributed by atoms with E-state index in [-0.39, 0.29) is 12.5 Å². The fourth-order valence-electron chi connectivity index (χ4n) is 1.78. The molecule has 0 saturated heterocycles. The minimum absolute atomic E-state index is 0.101. The third-order valence-electron chi connectivity index (χ3n) is 2.95. The lowest BCUT2D eigenvalue weighted by Gasteiger charge is -2.20. The number of hydrogen-bond acceptors (Lipinski definition) is 3. The number of carboxylic acids is 1. The monoisotopic (exact) mass is 277 g/mol. The first kappa shape index (κ1) is 15.8. The van der Waals surface area contributed by atoms with Gasteiger partial charge in [-0.15, -0.1) is 6.58 Å². The molecule has 0 bridgehead atoms. The molecule has 5 nitrogen and oxygen atoms in total. The molecule has 0 aromatic heterocycles. The molecule has 5 heteroatoms.